The number of primary amides is 1. The third-order valence-electron chi connectivity index (χ3n) is 7.39. The number of nitrogens with zero attached hydrogens (tertiary/aromatic N) is 8. The Hall–Kier alpha value is -6.70. The van der Waals surface area contributed by atoms with Gasteiger partial charge in [-0.15, -0.1) is 0 Å². The number of esters is 1. The number of nitrogen functional groups attached to an aromatic ring is 2. The molecule has 4 heterocycles. The van der Waals surface area contributed by atoms with E-state index < -0.39 is 0 Å². The zero-order valence-electron chi connectivity index (χ0n) is 26.6. The van der Waals surface area contributed by atoms with Crippen LogP contribution in [-0.2, 0) is 27.2 Å². The van der Waals surface area contributed by atoms with Crippen LogP contribution in [0.2, 0.25) is 0 Å². The first-order valence-corrected chi connectivity index (χ1v) is 15.1. The van der Waals surface area contributed by atoms with E-state index in [-0.39, 0.29) is 24.7 Å². The van der Waals surface area contributed by atoms with Crippen molar-refractivity contribution >= 4 is 23.5 Å². The van der Waals surface area contributed by atoms with Gasteiger partial charge in [0.1, 0.15) is 36.9 Å². The molecule has 0 aliphatic carbocycles. The fourth-order valence-electron chi connectivity index (χ4n) is 4.99. The van der Waals surface area contributed by atoms with E-state index in [1.807, 2.05) is 36.4 Å². The minimum absolute atomic E-state index is 0.252. The Kier molecular flexibility index (Phi) is 11.1. The first-order chi connectivity index (χ1) is 23.8. The molecular formula is C35H33N11O3. The van der Waals surface area contributed by atoms with Crippen LogP contribution < -0.4 is 17.2 Å². The van der Waals surface area contributed by atoms with Gasteiger partial charge >= 0.3 is 5.97 Å². The number of rotatable bonds is 10. The summed E-state index contributed by atoms with van der Waals surface area (Å²) in [6.07, 6.45) is 14.3. The van der Waals surface area contributed by atoms with Crippen LogP contribution in [0.5, 0.6) is 0 Å². The van der Waals surface area contributed by atoms with Crippen LogP contribution in [0.4, 0.5) is 11.6 Å². The minimum atomic E-state index is -0.350. The van der Waals surface area contributed by atoms with Gasteiger partial charge in [0.15, 0.2) is 0 Å². The van der Waals surface area contributed by atoms with Crippen molar-refractivity contribution in [2.75, 3.05) is 18.6 Å². The van der Waals surface area contributed by atoms with Crippen LogP contribution in [0.1, 0.15) is 24.0 Å². The molecule has 0 aliphatic heterocycles. The van der Waals surface area contributed by atoms with Crippen molar-refractivity contribution < 1.29 is 14.3 Å². The number of carbonyl (C=O) groups is 2. The molecule has 0 bridgehead atoms. The second-order valence-electron chi connectivity index (χ2n) is 10.7. The monoisotopic (exact) mass is 655 g/mol. The van der Waals surface area contributed by atoms with Gasteiger partial charge in [-0.1, -0.05) is 36.4 Å². The molecule has 246 valence electrons. The highest BCUT2D eigenvalue weighted by molar-refractivity contribution is 5.77. The Labute approximate surface area is 281 Å². The second-order valence-corrected chi connectivity index (χ2v) is 10.7. The summed E-state index contributed by atoms with van der Waals surface area (Å²) in [6, 6.07) is 15.2. The van der Waals surface area contributed by atoms with Gasteiger partial charge in [-0.25, -0.2) is 39.9 Å². The molecule has 4 aromatic heterocycles. The van der Waals surface area contributed by atoms with Gasteiger partial charge in [0.05, 0.1) is 18.5 Å². The lowest BCUT2D eigenvalue weighted by molar-refractivity contribution is -0.140. The summed E-state index contributed by atoms with van der Waals surface area (Å²) in [4.78, 5) is 55.3. The Morgan fingerprint density at radius 2 is 1.04 bits per heavy atom. The van der Waals surface area contributed by atoms with Crippen molar-refractivity contribution in [1.82, 2.24) is 39.9 Å². The van der Waals surface area contributed by atoms with Gasteiger partial charge in [-0.05, 0) is 35.1 Å². The molecule has 0 saturated carbocycles. The summed E-state index contributed by atoms with van der Waals surface area (Å²) in [6.45, 7) is 0. The summed E-state index contributed by atoms with van der Waals surface area (Å²) in [5.41, 5.74) is 25.7. The summed E-state index contributed by atoms with van der Waals surface area (Å²) >= 11 is 0. The first kappa shape index (κ1) is 33.7. The maximum atomic E-state index is 11.6. The number of aromatic nitrogens is 8. The molecule has 49 heavy (non-hydrogen) atoms. The van der Waals surface area contributed by atoms with Gasteiger partial charge < -0.3 is 21.9 Å². The third-order valence-corrected chi connectivity index (χ3v) is 7.39. The lowest BCUT2D eigenvalue weighted by Crippen LogP contribution is -2.11. The highest BCUT2D eigenvalue weighted by Crippen LogP contribution is 2.30. The van der Waals surface area contributed by atoms with Gasteiger partial charge in [0, 0.05) is 72.0 Å². The highest BCUT2D eigenvalue weighted by atomic mass is 16.5. The molecule has 6 N–H and O–H groups in total. The molecule has 0 saturated heterocycles. The number of hydrogen-bond donors (Lipinski definition) is 3. The average Bonchev–Trinajstić information content (AvgIpc) is 3.13. The molecule has 0 spiro atoms. The second kappa shape index (κ2) is 16.2. The standard InChI is InChI=1S/C18H17N5O2.C17H16N6O/c1-25-18(24)5-3-13-6-12(14-8-20-10-21-9-14)2-4-15(13)16-7-17(19)23-11-22-16;18-16-6-15(22-10-23-16)14-3-1-11(13-7-20-9-21-8-13)5-12(14)2-4-17(19)24/h2,4,6-11H,3,5H2,1H3,(H2,19,22,23);1,3,5-10H,2,4H2,(H2,19,24)(H2,18,22,23). The molecule has 1 amide bonds. The van der Waals surface area contributed by atoms with Crippen molar-refractivity contribution in [3.8, 4) is 44.8 Å². The zero-order valence-corrected chi connectivity index (χ0v) is 26.6. The van der Waals surface area contributed by atoms with E-state index in [0.29, 0.717) is 35.9 Å². The minimum Gasteiger partial charge on any atom is -0.469 e. The normalized spacial score (nSPS) is 10.5. The quantitative estimate of drug-likeness (QED) is 0.178. The molecule has 14 heteroatoms. The van der Waals surface area contributed by atoms with Gasteiger partial charge in [-0.3, -0.25) is 9.59 Å². The Bertz CT molecular complexity index is 2040. The largest absolute Gasteiger partial charge is 0.469 e. The van der Waals surface area contributed by atoms with E-state index >= 15 is 0 Å². The lowest BCUT2D eigenvalue weighted by Gasteiger charge is -2.12. The number of methoxy groups -OCH3 is 1. The van der Waals surface area contributed by atoms with Crippen molar-refractivity contribution in [2.24, 2.45) is 5.73 Å². The molecule has 14 nitrogen and oxygen atoms in total. The molecule has 0 atom stereocenters. The smallest absolute Gasteiger partial charge is 0.305 e. The SMILES string of the molecule is COC(=O)CCc1cc(-c2cncnc2)ccc1-c1cc(N)ncn1.NC(=O)CCc1cc(-c2cncnc2)ccc1-c1cc(N)ncn1. The van der Waals surface area contributed by atoms with Crippen molar-refractivity contribution in [3.05, 3.63) is 110 Å². The van der Waals surface area contributed by atoms with Crippen LogP contribution in [0.3, 0.4) is 0 Å². The van der Waals surface area contributed by atoms with Crippen LogP contribution in [0, 0.1) is 0 Å². The molecular weight excluding hydrogens is 622 g/mol. The van der Waals surface area contributed by atoms with Crippen LogP contribution >= 0.6 is 0 Å². The topological polar surface area (TPSA) is 225 Å². The van der Waals surface area contributed by atoms with Gasteiger partial charge in [0.2, 0.25) is 5.91 Å². The van der Waals surface area contributed by atoms with E-state index in [4.69, 9.17) is 21.9 Å². The molecule has 2 aromatic carbocycles. The number of aryl methyl sites for hydroxylation is 2. The van der Waals surface area contributed by atoms with Gasteiger partial charge in [-0.2, -0.15) is 0 Å². The molecule has 6 rings (SSSR count). The molecule has 0 radical (unpaired) electrons. The van der Waals surface area contributed by atoms with Crippen LogP contribution in [0.25, 0.3) is 44.8 Å². The van der Waals surface area contributed by atoms with Crippen molar-refractivity contribution in [2.45, 2.75) is 25.7 Å². The van der Waals surface area contributed by atoms with E-state index in [2.05, 4.69) is 39.9 Å². The van der Waals surface area contributed by atoms with E-state index in [0.717, 1.165) is 44.5 Å². The maximum Gasteiger partial charge on any atom is 0.305 e. The Morgan fingerprint density at radius 3 is 1.45 bits per heavy atom. The highest BCUT2D eigenvalue weighted by Gasteiger charge is 2.13. The first-order valence-electron chi connectivity index (χ1n) is 15.1. The number of ether oxygens (including phenoxy) is 1. The molecule has 0 fully saturated rings. The predicted molar refractivity (Wildman–Crippen MR) is 184 cm³/mol. The van der Waals surface area contributed by atoms with Crippen molar-refractivity contribution in [3.63, 3.8) is 0 Å². The third kappa shape index (κ3) is 9.19. The van der Waals surface area contributed by atoms with Crippen LogP contribution in [0.15, 0.2) is 98.6 Å². The van der Waals surface area contributed by atoms with Crippen molar-refractivity contribution in [1.29, 1.82) is 0 Å². The summed E-state index contributed by atoms with van der Waals surface area (Å²) in [7, 11) is 1.38. The number of amides is 1. The Morgan fingerprint density at radius 1 is 0.592 bits per heavy atom. The molecule has 0 aliphatic rings. The van der Waals surface area contributed by atoms with Gasteiger partial charge in [0.25, 0.3) is 0 Å². The maximum absolute atomic E-state index is 11.6. The molecule has 6 aromatic rings. The number of nitrogens with two attached hydrogens (primary N) is 3. The van der Waals surface area contributed by atoms with Crippen LogP contribution in [-0.4, -0.2) is 58.9 Å². The number of anilines is 2. The fraction of sp³-hybridized carbons (Fsp3) is 0.143. The molecule has 0 unspecified atom stereocenters. The fourth-order valence-corrected chi connectivity index (χ4v) is 4.99. The average molecular weight is 656 g/mol. The summed E-state index contributed by atoms with van der Waals surface area (Å²) < 4.78 is 4.75. The zero-order chi connectivity index (χ0) is 34.6. The lowest BCUT2D eigenvalue weighted by atomic mass is 9.95. The Balaban J connectivity index is 0.000000191. The number of hydrogen-bond acceptors (Lipinski definition) is 13. The summed E-state index contributed by atoms with van der Waals surface area (Å²) in [5, 5.41) is 0. The van der Waals surface area contributed by atoms with E-state index in [1.54, 1.807) is 36.9 Å². The van der Waals surface area contributed by atoms with E-state index in [1.165, 1.54) is 32.4 Å². The summed E-state index contributed by atoms with van der Waals surface area (Å²) in [5.74, 6) is 0.170. The number of benzene rings is 2. The predicted octanol–water partition coefficient (Wildman–Crippen LogP) is 3.89. The van der Waals surface area contributed by atoms with E-state index in [9.17, 15) is 9.59 Å². The number of carbonyl (C=O) groups excluding carboxylic acids is 2.